The molecular weight excluding hydrogens is 392 g/mol. The number of rotatable bonds is 9. The SMILES string of the molecule is CCC(NCc1ccc(OCCN2c3ccccc3Oc3ccccc32)cc1)C(=O)O. The van der Waals surface area contributed by atoms with Crippen LogP contribution in [0.3, 0.4) is 0 Å². The third kappa shape index (κ3) is 4.81. The molecule has 1 atom stereocenters. The molecule has 0 fully saturated rings. The number of anilines is 2. The smallest absolute Gasteiger partial charge is 0.320 e. The zero-order valence-electron chi connectivity index (χ0n) is 17.5. The van der Waals surface area contributed by atoms with Gasteiger partial charge in [0.05, 0.1) is 17.9 Å². The molecule has 0 amide bonds. The lowest BCUT2D eigenvalue weighted by atomic mass is 10.1. The van der Waals surface area contributed by atoms with Crippen molar-refractivity contribution < 1.29 is 19.4 Å². The van der Waals surface area contributed by atoms with Crippen LogP contribution in [0.1, 0.15) is 18.9 Å². The Kier molecular flexibility index (Phi) is 6.38. The molecule has 2 N–H and O–H groups in total. The van der Waals surface area contributed by atoms with E-state index in [1.54, 1.807) is 0 Å². The second-order valence-electron chi connectivity index (χ2n) is 7.36. The van der Waals surface area contributed by atoms with Gasteiger partial charge in [0.15, 0.2) is 11.5 Å². The summed E-state index contributed by atoms with van der Waals surface area (Å²) in [5, 5.41) is 12.2. The molecule has 0 radical (unpaired) electrons. The van der Waals surface area contributed by atoms with Gasteiger partial charge in [0.25, 0.3) is 0 Å². The number of carboxylic acids is 1. The van der Waals surface area contributed by atoms with Crippen molar-refractivity contribution in [2.24, 2.45) is 0 Å². The summed E-state index contributed by atoms with van der Waals surface area (Å²) >= 11 is 0. The summed E-state index contributed by atoms with van der Waals surface area (Å²) in [4.78, 5) is 13.3. The highest BCUT2D eigenvalue weighted by Crippen LogP contribution is 2.45. The minimum Gasteiger partial charge on any atom is -0.492 e. The van der Waals surface area contributed by atoms with Crippen LogP contribution in [0, 0.1) is 0 Å². The number of nitrogens with zero attached hydrogens (tertiary/aromatic N) is 1. The summed E-state index contributed by atoms with van der Waals surface area (Å²) in [7, 11) is 0. The second kappa shape index (κ2) is 9.53. The number of para-hydroxylation sites is 4. The van der Waals surface area contributed by atoms with E-state index in [2.05, 4.69) is 10.2 Å². The summed E-state index contributed by atoms with van der Waals surface area (Å²) in [5.74, 6) is 1.63. The van der Waals surface area contributed by atoms with Gasteiger partial charge < -0.3 is 24.8 Å². The molecule has 6 heteroatoms. The van der Waals surface area contributed by atoms with Crippen LogP contribution in [0.5, 0.6) is 17.2 Å². The summed E-state index contributed by atoms with van der Waals surface area (Å²) < 4.78 is 12.0. The predicted molar refractivity (Wildman–Crippen MR) is 120 cm³/mol. The zero-order valence-corrected chi connectivity index (χ0v) is 17.5. The molecule has 4 rings (SSSR count). The van der Waals surface area contributed by atoms with Gasteiger partial charge in [0.1, 0.15) is 18.4 Å². The molecule has 0 saturated heterocycles. The van der Waals surface area contributed by atoms with Crippen molar-refractivity contribution in [2.45, 2.75) is 25.9 Å². The van der Waals surface area contributed by atoms with Crippen molar-refractivity contribution >= 4 is 17.3 Å². The Morgan fingerprint density at radius 3 is 2.19 bits per heavy atom. The molecule has 0 bridgehead atoms. The Morgan fingerprint density at radius 1 is 1.00 bits per heavy atom. The quantitative estimate of drug-likeness (QED) is 0.512. The number of carboxylic acid groups (broad SMARTS) is 1. The van der Waals surface area contributed by atoms with Gasteiger partial charge in [-0.2, -0.15) is 0 Å². The van der Waals surface area contributed by atoms with Crippen molar-refractivity contribution in [2.75, 3.05) is 18.1 Å². The first-order chi connectivity index (χ1) is 15.2. The second-order valence-corrected chi connectivity index (χ2v) is 7.36. The fourth-order valence-corrected chi connectivity index (χ4v) is 3.63. The molecule has 1 unspecified atom stereocenters. The van der Waals surface area contributed by atoms with Crippen molar-refractivity contribution in [1.82, 2.24) is 5.32 Å². The summed E-state index contributed by atoms with van der Waals surface area (Å²) in [6.45, 7) is 3.55. The number of carbonyl (C=O) groups is 1. The molecule has 1 aliphatic heterocycles. The van der Waals surface area contributed by atoms with Gasteiger partial charge in [0.2, 0.25) is 0 Å². The van der Waals surface area contributed by atoms with Crippen LogP contribution in [-0.4, -0.2) is 30.3 Å². The first kappa shape index (κ1) is 20.8. The Hall–Kier alpha value is -3.51. The third-order valence-electron chi connectivity index (χ3n) is 5.30. The molecule has 3 aromatic rings. The highest BCUT2D eigenvalue weighted by Gasteiger charge is 2.23. The molecule has 0 spiro atoms. The number of nitrogens with one attached hydrogen (secondary N) is 1. The summed E-state index contributed by atoms with van der Waals surface area (Å²) in [5.41, 5.74) is 3.06. The lowest BCUT2D eigenvalue weighted by Crippen LogP contribution is -2.35. The number of hydrogen-bond acceptors (Lipinski definition) is 5. The minimum absolute atomic E-state index is 0.506. The molecule has 0 aliphatic carbocycles. The fraction of sp³-hybridized carbons (Fsp3) is 0.240. The van der Waals surface area contributed by atoms with Crippen molar-refractivity contribution in [3.8, 4) is 17.2 Å². The molecular formula is C25H26N2O4. The average molecular weight is 418 g/mol. The van der Waals surface area contributed by atoms with E-state index in [1.807, 2.05) is 79.7 Å². The largest absolute Gasteiger partial charge is 0.492 e. The molecule has 160 valence electrons. The Morgan fingerprint density at radius 2 is 1.61 bits per heavy atom. The number of aliphatic carboxylic acids is 1. The lowest BCUT2D eigenvalue weighted by molar-refractivity contribution is -0.139. The van der Waals surface area contributed by atoms with Gasteiger partial charge in [-0.1, -0.05) is 43.3 Å². The number of fused-ring (bicyclic) bond motifs is 2. The van der Waals surface area contributed by atoms with Crippen LogP contribution < -0.4 is 19.7 Å². The lowest BCUT2D eigenvalue weighted by Gasteiger charge is -2.32. The maximum absolute atomic E-state index is 11.1. The van der Waals surface area contributed by atoms with Crippen molar-refractivity contribution in [3.05, 3.63) is 78.4 Å². The number of ether oxygens (including phenoxy) is 2. The summed E-state index contributed by atoms with van der Waals surface area (Å²) in [6.07, 6.45) is 0.546. The van der Waals surface area contributed by atoms with E-state index in [0.29, 0.717) is 26.1 Å². The van der Waals surface area contributed by atoms with Crippen LogP contribution in [-0.2, 0) is 11.3 Å². The van der Waals surface area contributed by atoms with Crippen molar-refractivity contribution in [1.29, 1.82) is 0 Å². The van der Waals surface area contributed by atoms with Gasteiger partial charge in [-0.25, -0.2) is 0 Å². The normalized spacial score (nSPS) is 13.0. The topological polar surface area (TPSA) is 71.0 Å². The molecule has 6 nitrogen and oxygen atoms in total. The highest BCUT2D eigenvalue weighted by atomic mass is 16.5. The van der Waals surface area contributed by atoms with Gasteiger partial charge >= 0.3 is 5.97 Å². The first-order valence-electron chi connectivity index (χ1n) is 10.5. The van der Waals surface area contributed by atoms with Crippen molar-refractivity contribution in [3.63, 3.8) is 0 Å². The first-order valence-corrected chi connectivity index (χ1v) is 10.5. The van der Waals surface area contributed by atoms with E-state index in [4.69, 9.17) is 14.6 Å². The van der Waals surface area contributed by atoms with Gasteiger partial charge in [-0.15, -0.1) is 0 Å². The van der Waals surface area contributed by atoms with E-state index < -0.39 is 12.0 Å². The minimum atomic E-state index is -0.825. The maximum Gasteiger partial charge on any atom is 0.320 e. The van der Waals surface area contributed by atoms with Crippen LogP contribution >= 0.6 is 0 Å². The molecule has 0 saturated carbocycles. The standard InChI is InChI=1S/C25H26N2O4/c1-2-20(25(28)29)26-17-18-11-13-19(14-12-18)30-16-15-27-21-7-3-5-9-23(21)31-24-10-6-4-8-22(24)27/h3-14,20,26H,2,15-17H2,1H3,(H,28,29). The zero-order chi connectivity index (χ0) is 21.6. The van der Waals surface area contributed by atoms with Crippen LogP contribution in [0.15, 0.2) is 72.8 Å². The van der Waals surface area contributed by atoms with Crippen LogP contribution in [0.2, 0.25) is 0 Å². The molecule has 0 aromatic heterocycles. The van der Waals surface area contributed by atoms with Gasteiger partial charge in [0, 0.05) is 6.54 Å². The van der Waals surface area contributed by atoms with E-state index >= 15 is 0 Å². The highest BCUT2D eigenvalue weighted by molar-refractivity contribution is 5.77. The third-order valence-corrected chi connectivity index (χ3v) is 5.30. The Labute approximate surface area is 182 Å². The predicted octanol–water partition coefficient (Wildman–Crippen LogP) is 4.96. The van der Waals surface area contributed by atoms with E-state index in [0.717, 1.165) is 34.2 Å². The fourth-order valence-electron chi connectivity index (χ4n) is 3.63. The molecule has 1 heterocycles. The van der Waals surface area contributed by atoms with E-state index in [-0.39, 0.29) is 0 Å². The Bertz CT molecular complexity index is 990. The van der Waals surface area contributed by atoms with Gasteiger partial charge in [-0.05, 0) is 48.4 Å². The van der Waals surface area contributed by atoms with E-state index in [1.165, 1.54) is 0 Å². The molecule has 3 aromatic carbocycles. The van der Waals surface area contributed by atoms with E-state index in [9.17, 15) is 4.79 Å². The number of benzene rings is 3. The number of hydrogen-bond donors (Lipinski definition) is 2. The monoisotopic (exact) mass is 418 g/mol. The molecule has 31 heavy (non-hydrogen) atoms. The van der Waals surface area contributed by atoms with Crippen LogP contribution in [0.4, 0.5) is 11.4 Å². The maximum atomic E-state index is 11.1. The van der Waals surface area contributed by atoms with Crippen LogP contribution in [0.25, 0.3) is 0 Å². The average Bonchev–Trinajstić information content (AvgIpc) is 2.79. The Balaban J connectivity index is 1.36. The summed E-state index contributed by atoms with van der Waals surface area (Å²) in [6, 6.07) is 23.2. The molecule has 1 aliphatic rings. The van der Waals surface area contributed by atoms with Gasteiger partial charge in [-0.3, -0.25) is 4.79 Å².